The highest BCUT2D eigenvalue weighted by molar-refractivity contribution is 5.81. The van der Waals surface area contributed by atoms with Crippen molar-refractivity contribution in [2.45, 2.75) is 51.7 Å². The molecule has 3 aliphatic rings. The van der Waals surface area contributed by atoms with Gasteiger partial charge >= 0.3 is 0 Å². The third-order valence-electron chi connectivity index (χ3n) is 5.47. The summed E-state index contributed by atoms with van der Waals surface area (Å²) in [6, 6.07) is 0. The van der Waals surface area contributed by atoms with Gasteiger partial charge in [0.15, 0.2) is 6.29 Å². The Morgan fingerprint density at radius 1 is 1.00 bits per heavy atom. The molecule has 24 heavy (non-hydrogen) atoms. The molecular formula is C18H30N2O4. The van der Waals surface area contributed by atoms with Gasteiger partial charge in [-0.25, -0.2) is 0 Å². The van der Waals surface area contributed by atoms with Crippen LogP contribution < -0.4 is 0 Å². The Hall–Kier alpha value is -1.14. The molecule has 3 saturated heterocycles. The summed E-state index contributed by atoms with van der Waals surface area (Å²) in [7, 11) is 0. The number of hydrogen-bond acceptors (Lipinski definition) is 4. The van der Waals surface area contributed by atoms with E-state index in [4.69, 9.17) is 9.47 Å². The molecule has 0 aromatic heterocycles. The van der Waals surface area contributed by atoms with Crippen molar-refractivity contribution < 1.29 is 19.1 Å². The molecule has 1 atom stereocenters. The van der Waals surface area contributed by atoms with Gasteiger partial charge in [0.25, 0.3) is 0 Å². The molecular weight excluding hydrogens is 308 g/mol. The number of rotatable bonds is 4. The van der Waals surface area contributed by atoms with E-state index in [1.54, 1.807) is 0 Å². The fourth-order valence-corrected chi connectivity index (χ4v) is 4.08. The summed E-state index contributed by atoms with van der Waals surface area (Å²) >= 11 is 0. The summed E-state index contributed by atoms with van der Waals surface area (Å²) in [5.74, 6) is 0.820. The van der Waals surface area contributed by atoms with Crippen LogP contribution in [0.5, 0.6) is 0 Å². The lowest BCUT2D eigenvalue weighted by Gasteiger charge is -2.38. The predicted molar refractivity (Wildman–Crippen MR) is 89.2 cm³/mol. The third kappa shape index (κ3) is 4.09. The van der Waals surface area contributed by atoms with Crippen molar-refractivity contribution in [2.75, 3.05) is 39.4 Å². The van der Waals surface area contributed by atoms with Crippen molar-refractivity contribution in [1.29, 1.82) is 0 Å². The largest absolute Gasteiger partial charge is 0.350 e. The molecule has 6 heteroatoms. The van der Waals surface area contributed by atoms with Crippen LogP contribution in [-0.4, -0.2) is 67.3 Å². The molecule has 0 bridgehead atoms. The summed E-state index contributed by atoms with van der Waals surface area (Å²) in [5.41, 5.74) is 0. The van der Waals surface area contributed by atoms with E-state index < -0.39 is 0 Å². The molecule has 3 aliphatic heterocycles. The molecule has 3 rings (SSSR count). The van der Waals surface area contributed by atoms with Crippen molar-refractivity contribution in [3.05, 3.63) is 0 Å². The van der Waals surface area contributed by atoms with Crippen molar-refractivity contribution in [3.8, 4) is 0 Å². The van der Waals surface area contributed by atoms with E-state index in [2.05, 4.69) is 0 Å². The number of carbonyl (C=O) groups excluding carboxylic acids is 2. The second kappa shape index (κ2) is 8.30. The second-order valence-corrected chi connectivity index (χ2v) is 7.20. The monoisotopic (exact) mass is 338 g/mol. The number of carbonyl (C=O) groups is 2. The molecule has 0 aromatic rings. The van der Waals surface area contributed by atoms with Crippen molar-refractivity contribution in [1.82, 2.24) is 9.80 Å². The van der Waals surface area contributed by atoms with Crippen LogP contribution in [0.25, 0.3) is 0 Å². The number of hydrogen-bond donors (Lipinski definition) is 0. The van der Waals surface area contributed by atoms with Crippen LogP contribution in [0.4, 0.5) is 0 Å². The average Bonchev–Trinajstić information content (AvgIpc) is 3.16. The number of amides is 2. The van der Waals surface area contributed by atoms with Crippen LogP contribution >= 0.6 is 0 Å². The first-order valence-corrected chi connectivity index (χ1v) is 9.48. The zero-order chi connectivity index (χ0) is 16.9. The molecule has 0 aliphatic carbocycles. The smallest absolute Gasteiger partial charge is 0.227 e. The Kier molecular flexibility index (Phi) is 6.11. The number of nitrogens with zero attached hydrogens (tertiary/aromatic N) is 2. The topological polar surface area (TPSA) is 59.1 Å². The van der Waals surface area contributed by atoms with E-state index in [0.717, 1.165) is 51.7 Å². The van der Waals surface area contributed by atoms with Crippen LogP contribution in [0.1, 0.15) is 45.4 Å². The van der Waals surface area contributed by atoms with E-state index in [1.165, 1.54) is 0 Å². The Morgan fingerprint density at radius 2 is 1.71 bits per heavy atom. The SMILES string of the molecule is CCCC(=O)N1CCCC(C(=O)N2CCC(C3OCCO3)CC2)C1. The maximum absolute atomic E-state index is 12.8. The van der Waals surface area contributed by atoms with Gasteiger partial charge in [0.1, 0.15) is 0 Å². The van der Waals surface area contributed by atoms with E-state index >= 15 is 0 Å². The van der Waals surface area contributed by atoms with Crippen LogP contribution in [0.15, 0.2) is 0 Å². The van der Waals surface area contributed by atoms with E-state index in [0.29, 0.717) is 32.1 Å². The number of ether oxygens (including phenoxy) is 2. The molecule has 0 radical (unpaired) electrons. The lowest BCUT2D eigenvalue weighted by atomic mass is 9.92. The van der Waals surface area contributed by atoms with Gasteiger partial charge in [0.2, 0.25) is 11.8 Å². The van der Waals surface area contributed by atoms with Crippen LogP contribution in [0.2, 0.25) is 0 Å². The first-order chi connectivity index (χ1) is 11.7. The zero-order valence-electron chi connectivity index (χ0n) is 14.7. The molecule has 0 saturated carbocycles. The molecule has 1 unspecified atom stereocenters. The van der Waals surface area contributed by atoms with Gasteiger partial charge < -0.3 is 19.3 Å². The number of likely N-dealkylation sites (tertiary alicyclic amines) is 2. The molecule has 3 heterocycles. The van der Waals surface area contributed by atoms with Gasteiger partial charge in [-0.05, 0) is 32.1 Å². The molecule has 0 N–H and O–H groups in total. The zero-order valence-corrected chi connectivity index (χ0v) is 14.7. The highest BCUT2D eigenvalue weighted by Crippen LogP contribution is 2.28. The fourth-order valence-electron chi connectivity index (χ4n) is 4.08. The summed E-state index contributed by atoms with van der Waals surface area (Å²) in [6.07, 6.45) is 5.12. The molecule has 3 fully saturated rings. The minimum absolute atomic E-state index is 0.0184. The summed E-state index contributed by atoms with van der Waals surface area (Å²) in [6.45, 7) is 6.37. The predicted octanol–water partition coefficient (Wildman–Crippen LogP) is 1.64. The minimum atomic E-state index is -0.0703. The highest BCUT2D eigenvalue weighted by atomic mass is 16.7. The molecule has 136 valence electrons. The van der Waals surface area contributed by atoms with Crippen LogP contribution in [0, 0.1) is 11.8 Å². The normalized spacial score (nSPS) is 26.8. The van der Waals surface area contributed by atoms with Gasteiger partial charge in [-0.15, -0.1) is 0 Å². The maximum Gasteiger partial charge on any atom is 0.227 e. The van der Waals surface area contributed by atoms with Crippen LogP contribution in [0.3, 0.4) is 0 Å². The highest BCUT2D eigenvalue weighted by Gasteiger charge is 2.35. The fraction of sp³-hybridized carbons (Fsp3) is 0.889. The maximum atomic E-state index is 12.8. The Bertz CT molecular complexity index is 442. The van der Waals surface area contributed by atoms with Gasteiger partial charge in [-0.3, -0.25) is 9.59 Å². The van der Waals surface area contributed by atoms with Crippen LogP contribution in [-0.2, 0) is 19.1 Å². The summed E-state index contributed by atoms with van der Waals surface area (Å²) < 4.78 is 11.2. The summed E-state index contributed by atoms with van der Waals surface area (Å²) in [4.78, 5) is 28.8. The molecule has 6 nitrogen and oxygen atoms in total. The third-order valence-corrected chi connectivity index (χ3v) is 5.47. The Morgan fingerprint density at radius 3 is 2.38 bits per heavy atom. The quantitative estimate of drug-likeness (QED) is 0.782. The van der Waals surface area contributed by atoms with E-state index in [1.807, 2.05) is 16.7 Å². The standard InChI is InChI=1S/C18H30N2O4/c1-2-4-16(21)20-8-3-5-15(13-20)17(22)19-9-6-14(7-10-19)18-23-11-12-24-18/h14-15,18H,2-13H2,1H3. The van der Waals surface area contributed by atoms with Crippen molar-refractivity contribution in [3.63, 3.8) is 0 Å². The number of piperidine rings is 2. The summed E-state index contributed by atoms with van der Waals surface area (Å²) in [5, 5.41) is 0. The van der Waals surface area contributed by atoms with E-state index in [9.17, 15) is 9.59 Å². The Balaban J connectivity index is 1.48. The van der Waals surface area contributed by atoms with Gasteiger partial charge in [-0.1, -0.05) is 6.92 Å². The van der Waals surface area contributed by atoms with Crippen molar-refractivity contribution in [2.24, 2.45) is 11.8 Å². The lowest BCUT2D eigenvalue weighted by Crippen LogP contribution is -2.49. The average molecular weight is 338 g/mol. The second-order valence-electron chi connectivity index (χ2n) is 7.20. The molecule has 0 spiro atoms. The van der Waals surface area contributed by atoms with Gasteiger partial charge in [0, 0.05) is 38.5 Å². The minimum Gasteiger partial charge on any atom is -0.350 e. The van der Waals surface area contributed by atoms with Crippen molar-refractivity contribution >= 4 is 11.8 Å². The molecule has 2 amide bonds. The first kappa shape index (κ1) is 17.7. The van der Waals surface area contributed by atoms with E-state index in [-0.39, 0.29) is 24.0 Å². The first-order valence-electron chi connectivity index (χ1n) is 9.48. The molecule has 0 aromatic carbocycles. The van der Waals surface area contributed by atoms with Gasteiger partial charge in [0.05, 0.1) is 19.1 Å². The van der Waals surface area contributed by atoms with Gasteiger partial charge in [-0.2, -0.15) is 0 Å². The lowest BCUT2D eigenvalue weighted by molar-refractivity contribution is -0.144. The Labute approximate surface area is 144 Å².